The molecule has 1 heterocycles. The third-order valence-electron chi connectivity index (χ3n) is 4.29. The average Bonchev–Trinajstić information content (AvgIpc) is 2.60. The predicted molar refractivity (Wildman–Crippen MR) is 98.9 cm³/mol. The number of methoxy groups -OCH3 is 1. The summed E-state index contributed by atoms with van der Waals surface area (Å²) in [6.07, 6.45) is 5.64. The van der Waals surface area contributed by atoms with Crippen LogP contribution in [0.25, 0.3) is 0 Å². The van der Waals surface area contributed by atoms with E-state index in [-0.39, 0.29) is 13.0 Å². The zero-order valence-corrected chi connectivity index (χ0v) is 17.0. The number of rotatable bonds is 14. The van der Waals surface area contributed by atoms with Gasteiger partial charge in [-0.15, -0.1) is 0 Å². The van der Waals surface area contributed by atoms with Crippen molar-refractivity contribution in [3.63, 3.8) is 0 Å². The van der Waals surface area contributed by atoms with Crippen molar-refractivity contribution < 1.29 is 33.3 Å². The summed E-state index contributed by atoms with van der Waals surface area (Å²) < 4.78 is 21.4. The van der Waals surface area contributed by atoms with Crippen LogP contribution in [0.2, 0.25) is 0 Å². The molecule has 0 aliphatic carbocycles. The van der Waals surface area contributed by atoms with Crippen LogP contribution >= 0.6 is 0 Å². The quantitative estimate of drug-likeness (QED) is 0.330. The molecule has 156 valence electrons. The molecule has 0 atom stereocenters. The fourth-order valence-corrected chi connectivity index (χ4v) is 2.88. The van der Waals surface area contributed by atoms with Crippen molar-refractivity contribution in [2.45, 2.75) is 39.0 Å². The van der Waals surface area contributed by atoms with E-state index >= 15 is 0 Å². The van der Waals surface area contributed by atoms with Crippen LogP contribution in [0.3, 0.4) is 0 Å². The van der Waals surface area contributed by atoms with Gasteiger partial charge in [0, 0.05) is 19.5 Å². The molecule has 0 aromatic heterocycles. The van der Waals surface area contributed by atoms with Crippen LogP contribution in [0.5, 0.6) is 0 Å². The molecule has 0 radical (unpaired) electrons. The summed E-state index contributed by atoms with van der Waals surface area (Å²) in [4.78, 5) is 10.0. The number of aliphatic carboxylic acids is 1. The summed E-state index contributed by atoms with van der Waals surface area (Å²) in [5, 5.41) is 10.0. The topological polar surface area (TPSA) is 77.0 Å². The Morgan fingerprint density at radius 3 is 1.85 bits per heavy atom. The molecule has 0 spiro atoms. The van der Waals surface area contributed by atoms with E-state index in [9.17, 15) is 9.90 Å². The van der Waals surface area contributed by atoms with Gasteiger partial charge in [-0.3, -0.25) is 0 Å². The second kappa shape index (κ2) is 17.7. The Balaban J connectivity index is 0.000000531. The third-order valence-corrected chi connectivity index (χ3v) is 4.29. The van der Waals surface area contributed by atoms with Crippen molar-refractivity contribution in [1.82, 2.24) is 0 Å². The molecular formula is C19H39NO6. The lowest BCUT2D eigenvalue weighted by atomic mass is 10.1. The molecular weight excluding hydrogens is 338 g/mol. The molecule has 7 nitrogen and oxygen atoms in total. The minimum atomic E-state index is -1.10. The molecule has 26 heavy (non-hydrogen) atoms. The Labute approximate surface area is 159 Å². The van der Waals surface area contributed by atoms with Crippen LogP contribution in [0.1, 0.15) is 39.0 Å². The van der Waals surface area contributed by atoms with E-state index in [0.717, 1.165) is 0 Å². The molecule has 1 aliphatic heterocycles. The number of ether oxygens (including phenoxy) is 4. The Kier molecular flexibility index (Phi) is 17.2. The monoisotopic (exact) mass is 377 g/mol. The van der Waals surface area contributed by atoms with Crippen molar-refractivity contribution in [2.24, 2.45) is 0 Å². The summed E-state index contributed by atoms with van der Waals surface area (Å²) in [6.45, 7) is 9.64. The largest absolute Gasteiger partial charge is 0.550 e. The predicted octanol–water partition coefficient (Wildman–Crippen LogP) is 0.850. The van der Waals surface area contributed by atoms with Gasteiger partial charge in [-0.1, -0.05) is 6.92 Å². The molecule has 1 rings (SSSR count). The van der Waals surface area contributed by atoms with Crippen LogP contribution in [0.15, 0.2) is 0 Å². The number of carbonyl (C=O) groups excluding carboxylic acids is 1. The highest BCUT2D eigenvalue weighted by molar-refractivity contribution is 5.64. The molecule has 1 aliphatic rings. The highest BCUT2D eigenvalue weighted by Crippen LogP contribution is 2.15. The second-order valence-electron chi connectivity index (χ2n) is 6.80. The molecule has 0 bridgehead atoms. The second-order valence-corrected chi connectivity index (χ2v) is 6.80. The molecule has 0 N–H and O–H groups in total. The molecule has 1 saturated heterocycles. The Morgan fingerprint density at radius 1 is 0.885 bits per heavy atom. The first-order valence-electron chi connectivity index (χ1n) is 9.79. The minimum Gasteiger partial charge on any atom is -0.550 e. The summed E-state index contributed by atoms with van der Waals surface area (Å²) in [5.74, 6) is -1.10. The van der Waals surface area contributed by atoms with Crippen LogP contribution in [-0.4, -0.2) is 90.5 Å². The van der Waals surface area contributed by atoms with Gasteiger partial charge in [0.1, 0.15) is 0 Å². The first-order chi connectivity index (χ1) is 12.5. The first kappa shape index (κ1) is 25.3. The van der Waals surface area contributed by atoms with Crippen molar-refractivity contribution in [1.29, 1.82) is 0 Å². The minimum absolute atomic E-state index is 0.0832. The van der Waals surface area contributed by atoms with E-state index in [0.29, 0.717) is 39.6 Å². The standard InChI is InChI=1S/C10H20O6.C9H20N/c1-13-4-5-15-8-9-16-7-6-14-3-2-10(11)12;1-3-7-10(2)8-5-4-6-9-10/h2-9H2,1H3,(H,11,12);3-9H2,1-2H3/q;+1/p-1. The van der Waals surface area contributed by atoms with Crippen LogP contribution in [0, 0.1) is 0 Å². The van der Waals surface area contributed by atoms with Crippen LogP contribution in [0.4, 0.5) is 0 Å². The number of quaternary nitrogens is 1. The van der Waals surface area contributed by atoms with Gasteiger partial charge in [-0.2, -0.15) is 0 Å². The van der Waals surface area contributed by atoms with Crippen molar-refractivity contribution in [3.8, 4) is 0 Å². The molecule has 0 amide bonds. The van der Waals surface area contributed by atoms with E-state index < -0.39 is 5.97 Å². The molecule has 0 aromatic carbocycles. The summed E-state index contributed by atoms with van der Waals surface area (Å²) in [7, 11) is 4.02. The smallest absolute Gasteiger partial charge is 0.0784 e. The number of carboxylic acid groups (broad SMARTS) is 1. The zero-order chi connectivity index (χ0) is 19.5. The zero-order valence-electron chi connectivity index (χ0n) is 17.0. The summed E-state index contributed by atoms with van der Waals surface area (Å²) in [5.41, 5.74) is 0. The maximum Gasteiger partial charge on any atom is 0.0784 e. The van der Waals surface area contributed by atoms with Gasteiger partial charge in [0.2, 0.25) is 0 Å². The van der Waals surface area contributed by atoms with E-state index in [1.165, 1.54) is 49.8 Å². The van der Waals surface area contributed by atoms with Gasteiger partial charge in [0.15, 0.2) is 0 Å². The highest BCUT2D eigenvalue weighted by Gasteiger charge is 2.22. The molecule has 7 heteroatoms. The summed E-state index contributed by atoms with van der Waals surface area (Å²) >= 11 is 0. The Hall–Kier alpha value is -0.730. The molecule has 0 saturated carbocycles. The van der Waals surface area contributed by atoms with E-state index in [1.807, 2.05) is 0 Å². The van der Waals surface area contributed by atoms with Gasteiger partial charge in [-0.05, 0) is 25.7 Å². The number of nitrogens with zero attached hydrogens (tertiary/aromatic N) is 1. The normalized spacial score (nSPS) is 16.0. The fraction of sp³-hybridized carbons (Fsp3) is 0.947. The molecule has 0 unspecified atom stereocenters. The number of carbonyl (C=O) groups is 1. The van der Waals surface area contributed by atoms with Gasteiger partial charge in [0.25, 0.3) is 0 Å². The SMILES string of the molecule is CCC[N+]1(C)CCCCC1.COCCOCCOCCOCCC(=O)[O-]. The maximum absolute atomic E-state index is 10.0. The van der Waals surface area contributed by atoms with Crippen molar-refractivity contribution >= 4 is 5.97 Å². The first-order valence-corrected chi connectivity index (χ1v) is 9.79. The van der Waals surface area contributed by atoms with Crippen LogP contribution < -0.4 is 5.11 Å². The Bertz CT molecular complexity index is 316. The maximum atomic E-state index is 10.0. The van der Waals surface area contributed by atoms with Crippen molar-refractivity contribution in [3.05, 3.63) is 0 Å². The van der Waals surface area contributed by atoms with E-state index in [4.69, 9.17) is 18.9 Å². The fourth-order valence-electron chi connectivity index (χ4n) is 2.88. The van der Waals surface area contributed by atoms with Crippen molar-refractivity contribution in [2.75, 3.05) is 80.0 Å². The lowest BCUT2D eigenvalue weighted by Gasteiger charge is -2.37. The van der Waals surface area contributed by atoms with E-state index in [1.54, 1.807) is 7.11 Å². The average molecular weight is 378 g/mol. The summed E-state index contributed by atoms with van der Waals surface area (Å²) in [6, 6.07) is 0. The molecule has 1 fully saturated rings. The van der Waals surface area contributed by atoms with Gasteiger partial charge < -0.3 is 33.3 Å². The number of piperidine rings is 1. The van der Waals surface area contributed by atoms with Gasteiger partial charge >= 0.3 is 0 Å². The van der Waals surface area contributed by atoms with Gasteiger partial charge in [-0.25, -0.2) is 0 Å². The lowest BCUT2D eigenvalue weighted by molar-refractivity contribution is -0.914. The van der Waals surface area contributed by atoms with Gasteiger partial charge in [0.05, 0.1) is 72.9 Å². The number of likely N-dealkylation sites (tertiary alicyclic amines) is 1. The molecule has 0 aromatic rings. The number of carboxylic acids is 1. The Morgan fingerprint density at radius 2 is 1.38 bits per heavy atom. The van der Waals surface area contributed by atoms with Crippen LogP contribution in [-0.2, 0) is 23.7 Å². The van der Waals surface area contributed by atoms with E-state index in [2.05, 4.69) is 14.0 Å². The number of hydrogen-bond donors (Lipinski definition) is 0. The number of hydrogen-bond acceptors (Lipinski definition) is 6. The lowest BCUT2D eigenvalue weighted by Crippen LogP contribution is -2.48. The highest BCUT2D eigenvalue weighted by atomic mass is 16.6. The third kappa shape index (κ3) is 16.7.